The first kappa shape index (κ1) is 12.9. The Kier molecular flexibility index (Phi) is 3.32. The SMILES string of the molecule is CCOC(=O)C12CCC(=O)N1C/C(=N\C(F)F)C2. The third-order valence-electron chi connectivity index (χ3n) is 3.34. The minimum absolute atomic E-state index is 0.00197. The molecule has 18 heavy (non-hydrogen) atoms. The number of aliphatic imine (C=N–C) groups is 1. The number of hydrogen-bond acceptors (Lipinski definition) is 4. The number of carbonyl (C=O) groups excluding carboxylic acids is 2. The average molecular weight is 260 g/mol. The molecule has 0 saturated carbocycles. The van der Waals surface area contributed by atoms with Crippen LogP contribution >= 0.6 is 0 Å². The van der Waals surface area contributed by atoms with Gasteiger partial charge in [-0.15, -0.1) is 0 Å². The molecule has 2 rings (SSSR count). The zero-order valence-electron chi connectivity index (χ0n) is 9.99. The van der Waals surface area contributed by atoms with E-state index in [-0.39, 0.29) is 37.6 Å². The molecule has 1 unspecified atom stereocenters. The van der Waals surface area contributed by atoms with Gasteiger partial charge in [-0.2, -0.15) is 8.78 Å². The highest BCUT2D eigenvalue weighted by molar-refractivity contribution is 6.04. The summed E-state index contributed by atoms with van der Waals surface area (Å²) < 4.78 is 29.4. The first-order valence-corrected chi connectivity index (χ1v) is 5.81. The number of alkyl halides is 2. The van der Waals surface area contributed by atoms with Gasteiger partial charge in [0, 0.05) is 18.6 Å². The van der Waals surface area contributed by atoms with Crippen LogP contribution in [0.3, 0.4) is 0 Å². The Hall–Kier alpha value is -1.53. The number of esters is 1. The Bertz CT molecular complexity index is 411. The largest absolute Gasteiger partial charge is 0.464 e. The molecule has 0 aromatic carbocycles. The summed E-state index contributed by atoms with van der Waals surface area (Å²) in [5, 5.41) is 0. The molecule has 1 amide bonds. The van der Waals surface area contributed by atoms with E-state index in [9.17, 15) is 18.4 Å². The summed E-state index contributed by atoms with van der Waals surface area (Å²) in [4.78, 5) is 28.1. The first-order chi connectivity index (χ1) is 8.49. The zero-order chi connectivity index (χ0) is 13.3. The quantitative estimate of drug-likeness (QED) is 0.561. The number of halogens is 2. The molecule has 1 atom stereocenters. The monoisotopic (exact) mass is 260 g/mol. The third kappa shape index (κ3) is 1.97. The predicted molar refractivity (Wildman–Crippen MR) is 58.4 cm³/mol. The van der Waals surface area contributed by atoms with Crippen LogP contribution in [0, 0.1) is 0 Å². The molecular formula is C11H14F2N2O3. The van der Waals surface area contributed by atoms with Gasteiger partial charge in [0.2, 0.25) is 5.91 Å². The highest BCUT2D eigenvalue weighted by Gasteiger charge is 2.57. The van der Waals surface area contributed by atoms with Crippen LogP contribution in [0.5, 0.6) is 0 Å². The molecule has 0 bridgehead atoms. The highest BCUT2D eigenvalue weighted by Crippen LogP contribution is 2.39. The van der Waals surface area contributed by atoms with E-state index in [1.807, 2.05) is 0 Å². The van der Waals surface area contributed by atoms with Gasteiger partial charge in [0.05, 0.1) is 13.2 Å². The summed E-state index contributed by atoms with van der Waals surface area (Å²) in [6.45, 7) is -0.945. The van der Waals surface area contributed by atoms with Crippen LogP contribution in [0.25, 0.3) is 0 Å². The minimum Gasteiger partial charge on any atom is -0.464 e. The Morgan fingerprint density at radius 1 is 1.61 bits per heavy atom. The highest BCUT2D eigenvalue weighted by atomic mass is 19.3. The minimum atomic E-state index is -2.81. The van der Waals surface area contributed by atoms with Gasteiger partial charge in [0.1, 0.15) is 5.54 Å². The van der Waals surface area contributed by atoms with Gasteiger partial charge in [-0.1, -0.05) is 0 Å². The number of carbonyl (C=O) groups is 2. The second-order valence-corrected chi connectivity index (χ2v) is 4.38. The number of rotatable bonds is 3. The number of fused-ring (bicyclic) bond motifs is 1. The molecule has 0 N–H and O–H groups in total. The summed E-state index contributed by atoms with van der Waals surface area (Å²) in [6.07, 6.45) is 0.621. The van der Waals surface area contributed by atoms with Crippen LogP contribution in [0.4, 0.5) is 8.78 Å². The van der Waals surface area contributed by atoms with Crippen molar-refractivity contribution in [2.24, 2.45) is 4.99 Å². The summed E-state index contributed by atoms with van der Waals surface area (Å²) in [5.74, 6) is -0.724. The fourth-order valence-electron chi connectivity index (χ4n) is 2.60. The van der Waals surface area contributed by atoms with Gasteiger partial charge in [0.25, 0.3) is 0 Å². The van der Waals surface area contributed by atoms with Crippen LogP contribution in [-0.2, 0) is 14.3 Å². The molecule has 2 aliphatic rings. The van der Waals surface area contributed by atoms with E-state index in [0.29, 0.717) is 6.42 Å². The van der Waals surface area contributed by atoms with Gasteiger partial charge in [-0.25, -0.2) is 9.79 Å². The van der Waals surface area contributed by atoms with Crippen molar-refractivity contribution in [3.8, 4) is 0 Å². The lowest BCUT2D eigenvalue weighted by atomic mass is 9.94. The fourth-order valence-corrected chi connectivity index (χ4v) is 2.60. The van der Waals surface area contributed by atoms with Crippen molar-refractivity contribution in [1.82, 2.24) is 4.90 Å². The van der Waals surface area contributed by atoms with E-state index >= 15 is 0 Å². The zero-order valence-corrected chi connectivity index (χ0v) is 9.99. The van der Waals surface area contributed by atoms with Crippen LogP contribution in [0.15, 0.2) is 4.99 Å². The van der Waals surface area contributed by atoms with E-state index in [4.69, 9.17) is 4.74 Å². The van der Waals surface area contributed by atoms with Gasteiger partial charge < -0.3 is 9.64 Å². The third-order valence-corrected chi connectivity index (χ3v) is 3.34. The van der Waals surface area contributed by atoms with Crippen LogP contribution in [-0.4, -0.2) is 47.7 Å². The molecule has 0 radical (unpaired) electrons. The molecule has 2 fully saturated rings. The van der Waals surface area contributed by atoms with Crippen LogP contribution < -0.4 is 0 Å². The maximum Gasteiger partial charge on any atom is 0.332 e. The van der Waals surface area contributed by atoms with Crippen molar-refractivity contribution in [1.29, 1.82) is 0 Å². The molecule has 7 heteroatoms. The van der Waals surface area contributed by atoms with Crippen molar-refractivity contribution >= 4 is 17.6 Å². The molecular weight excluding hydrogens is 246 g/mol. The number of ether oxygens (including phenoxy) is 1. The van der Waals surface area contributed by atoms with Gasteiger partial charge in [0.15, 0.2) is 0 Å². The number of amides is 1. The Balaban J connectivity index is 2.26. The van der Waals surface area contributed by atoms with Crippen molar-refractivity contribution < 1.29 is 23.1 Å². The summed E-state index contributed by atoms with van der Waals surface area (Å²) in [7, 11) is 0. The van der Waals surface area contributed by atoms with E-state index in [1.165, 1.54) is 4.90 Å². The van der Waals surface area contributed by atoms with E-state index in [0.717, 1.165) is 0 Å². The second-order valence-electron chi connectivity index (χ2n) is 4.38. The predicted octanol–water partition coefficient (Wildman–Crippen LogP) is 0.978. The first-order valence-electron chi connectivity index (χ1n) is 5.81. The molecule has 5 nitrogen and oxygen atoms in total. The maximum absolute atomic E-state index is 12.2. The lowest BCUT2D eigenvalue weighted by Crippen LogP contribution is -2.48. The molecule has 0 aromatic rings. The van der Waals surface area contributed by atoms with Crippen molar-refractivity contribution in [2.45, 2.75) is 38.3 Å². The summed E-state index contributed by atoms with van der Waals surface area (Å²) in [6, 6.07) is 0. The van der Waals surface area contributed by atoms with E-state index in [2.05, 4.69) is 4.99 Å². The Labute approximate surface area is 103 Å². The summed E-state index contributed by atoms with van der Waals surface area (Å²) >= 11 is 0. The lowest BCUT2D eigenvalue weighted by molar-refractivity contribution is -0.157. The fraction of sp³-hybridized carbons (Fsp3) is 0.727. The second kappa shape index (κ2) is 4.62. The van der Waals surface area contributed by atoms with E-state index < -0.39 is 18.1 Å². The van der Waals surface area contributed by atoms with Crippen molar-refractivity contribution in [3.05, 3.63) is 0 Å². The molecule has 0 aromatic heterocycles. The van der Waals surface area contributed by atoms with Gasteiger partial charge >= 0.3 is 12.5 Å². The Morgan fingerprint density at radius 2 is 2.33 bits per heavy atom. The smallest absolute Gasteiger partial charge is 0.332 e. The van der Waals surface area contributed by atoms with Crippen molar-refractivity contribution in [3.63, 3.8) is 0 Å². The maximum atomic E-state index is 12.2. The van der Waals surface area contributed by atoms with Gasteiger partial charge in [-0.3, -0.25) is 4.79 Å². The standard InChI is InChI=1S/C11H14F2N2O3/c1-2-18-9(17)11-4-3-8(16)15(11)6-7(5-11)14-10(12)13/h10H,2-6H2,1H3/b14-7-. The van der Waals surface area contributed by atoms with Gasteiger partial charge in [-0.05, 0) is 13.3 Å². The van der Waals surface area contributed by atoms with Crippen molar-refractivity contribution in [2.75, 3.05) is 13.2 Å². The molecule has 0 spiro atoms. The van der Waals surface area contributed by atoms with Crippen LogP contribution in [0.1, 0.15) is 26.2 Å². The lowest BCUT2D eigenvalue weighted by Gasteiger charge is -2.28. The molecule has 0 aliphatic carbocycles. The Morgan fingerprint density at radius 3 is 2.94 bits per heavy atom. The molecule has 100 valence electrons. The summed E-state index contributed by atoms with van der Waals surface area (Å²) in [5.41, 5.74) is -0.910. The topological polar surface area (TPSA) is 59.0 Å². The number of nitrogens with zero attached hydrogens (tertiary/aromatic N) is 2. The molecule has 2 saturated heterocycles. The number of hydrogen-bond donors (Lipinski definition) is 0. The van der Waals surface area contributed by atoms with Crippen LogP contribution in [0.2, 0.25) is 0 Å². The normalized spacial score (nSPS) is 29.2. The average Bonchev–Trinajstić information content (AvgIpc) is 2.78. The molecule has 2 heterocycles. The molecule has 2 aliphatic heterocycles. The van der Waals surface area contributed by atoms with E-state index in [1.54, 1.807) is 6.92 Å².